The Labute approximate surface area is 538 Å². The smallest absolute Gasteiger partial charge is 0.237 e. The molecule has 6 aromatic rings. The molecule has 6 aromatic carbocycles. The van der Waals surface area contributed by atoms with Gasteiger partial charge < -0.3 is 49.8 Å². The molecule has 0 spiro atoms. The van der Waals surface area contributed by atoms with Crippen LogP contribution in [0.1, 0.15) is 95.9 Å². The van der Waals surface area contributed by atoms with Crippen molar-refractivity contribution in [3.63, 3.8) is 0 Å². The number of hydrogen-bond donors (Lipinski definition) is 1. The fraction of sp³-hybridized carbons (Fsp3) is 0.458. The summed E-state index contributed by atoms with van der Waals surface area (Å²) >= 11 is 5.52. The van der Waals surface area contributed by atoms with Crippen LogP contribution in [0.4, 0.5) is 0 Å². The number of nitrogens with zero attached hydrogens (tertiary/aromatic N) is 4. The zero-order valence-corrected chi connectivity index (χ0v) is 58.4. The summed E-state index contributed by atoms with van der Waals surface area (Å²) in [6.45, 7) is 32.2. The van der Waals surface area contributed by atoms with Crippen molar-refractivity contribution in [1.29, 1.82) is 0 Å². The third-order valence-electron chi connectivity index (χ3n) is 14.3. The SMILES string of the molecule is CC(C)CN(CC(C)C)C(=O)CCl.CC(C)CN(CC(C)C)C(=O)CN(CCC[P+](c1ccccc1)(c1ccccc1)c1ccccc1)CC(=O)N(CC(C)C)CC(C)C.NCCC[P+](c1ccccc1)(c1ccccc1)c1ccccc1.[Br-].[Cl-]. The van der Waals surface area contributed by atoms with Crippen molar-refractivity contribution in [2.24, 2.45) is 41.2 Å². The van der Waals surface area contributed by atoms with Gasteiger partial charge in [0.1, 0.15) is 52.2 Å². The summed E-state index contributed by atoms with van der Waals surface area (Å²) in [5, 5.41) is 8.38. The number of nitrogens with two attached hydrogens (primary N) is 1. The van der Waals surface area contributed by atoms with E-state index in [9.17, 15) is 14.4 Å². The molecule has 0 radical (unpaired) electrons. The summed E-state index contributed by atoms with van der Waals surface area (Å²) in [4.78, 5) is 47.2. The number of alkyl halides is 1. The van der Waals surface area contributed by atoms with E-state index in [1.165, 1.54) is 31.8 Å². The molecule has 2 N–H and O–H groups in total. The first-order valence-corrected chi connectivity index (χ1v) is 35.2. The maximum Gasteiger partial charge on any atom is 0.237 e. The van der Waals surface area contributed by atoms with E-state index in [1.807, 2.05) is 14.7 Å². The van der Waals surface area contributed by atoms with Gasteiger partial charge in [-0.2, -0.15) is 0 Å². The fourth-order valence-corrected chi connectivity index (χ4v) is 19.9. The van der Waals surface area contributed by atoms with E-state index in [2.05, 4.69) is 270 Å². The third kappa shape index (κ3) is 25.3. The highest BCUT2D eigenvalue weighted by Crippen LogP contribution is 2.56. The molecule has 0 fully saturated rings. The topological polar surface area (TPSA) is 90.2 Å². The molecule has 0 atom stereocenters. The van der Waals surface area contributed by atoms with E-state index in [1.54, 1.807) is 0 Å². The summed E-state index contributed by atoms with van der Waals surface area (Å²) < 4.78 is 0. The molecule has 0 aromatic heterocycles. The first-order valence-electron chi connectivity index (χ1n) is 30.7. The monoisotopic (exact) mass is 1300 g/mol. The van der Waals surface area contributed by atoms with Crippen molar-refractivity contribution in [2.45, 2.75) is 95.9 Å². The molecule has 3 amide bonds. The van der Waals surface area contributed by atoms with Crippen molar-refractivity contribution in [2.75, 3.05) is 83.7 Å². The van der Waals surface area contributed by atoms with E-state index in [0.717, 1.165) is 71.0 Å². The number of halogens is 3. The molecule has 0 unspecified atom stereocenters. The molecule has 6 rings (SSSR count). The van der Waals surface area contributed by atoms with Crippen LogP contribution >= 0.6 is 26.1 Å². The second-order valence-electron chi connectivity index (χ2n) is 24.7. The maximum absolute atomic E-state index is 13.9. The van der Waals surface area contributed by atoms with Crippen molar-refractivity contribution in [3.05, 3.63) is 182 Å². The van der Waals surface area contributed by atoms with Gasteiger partial charge in [-0.05, 0) is 128 Å². The average molecular weight is 1300 g/mol. The molecule has 0 heterocycles. The van der Waals surface area contributed by atoms with Gasteiger partial charge in [0.25, 0.3) is 0 Å². The molecule has 0 aliphatic heterocycles. The zero-order chi connectivity index (χ0) is 60.8. The number of carbonyl (C=O) groups excluding carboxylic acids is 3. The summed E-state index contributed by atoms with van der Waals surface area (Å²) in [7, 11) is -3.66. The van der Waals surface area contributed by atoms with Gasteiger partial charge in [0.2, 0.25) is 17.7 Å². The standard InChI is InChI=1S/C41H61N3O2P.C21H23NP.C10H20ClNO.BrH.ClH/c1-33(2)27-43(28-34(3)4)40(45)31-42(32-41(46)44(29-35(5)6)30-36(7)8)25-18-26-47(37-19-12-9-13-20-37,38-21-14-10-15-22-38)39-23-16-11-17-24-39;22-17-10-18-23(19-11-4-1-5-12-19,20-13-6-2-7-14-20)21-15-8-3-9-16-21;1-8(2)6-12(7-9(3)4)10(13)5-11;;/h9-17,19-24,33-36H,18,25-32H2,1-8H3;1-9,11-16H,10,17-18,22H2;8-9H,5-7H2,1-4H3;2*1H/q2*+1;;;/p-2. The number of rotatable bonds is 30. The van der Waals surface area contributed by atoms with Crippen LogP contribution in [0, 0.1) is 35.5 Å². The predicted octanol–water partition coefficient (Wildman–Crippen LogP) is 6.66. The van der Waals surface area contributed by atoms with Gasteiger partial charge in [-0.15, -0.1) is 11.6 Å². The minimum Gasteiger partial charge on any atom is -1.00 e. The molecule has 0 bridgehead atoms. The number of carbonyl (C=O) groups is 3. The van der Waals surface area contributed by atoms with E-state index < -0.39 is 14.5 Å². The Kier molecular flexibility index (Phi) is 36.9. The van der Waals surface area contributed by atoms with Gasteiger partial charge in [-0.3, -0.25) is 19.3 Å². The van der Waals surface area contributed by atoms with E-state index in [0.29, 0.717) is 42.1 Å². The Balaban J connectivity index is 0.000000533. The average Bonchev–Trinajstić information content (AvgIpc) is 3.15. The Bertz CT molecular complexity index is 2450. The highest BCUT2D eigenvalue weighted by molar-refractivity contribution is 7.96. The van der Waals surface area contributed by atoms with Gasteiger partial charge >= 0.3 is 0 Å². The Morgan fingerprint density at radius 2 is 0.588 bits per heavy atom. The number of benzene rings is 6. The summed E-state index contributed by atoms with van der Waals surface area (Å²) in [5.74, 6) is 2.92. The first kappa shape index (κ1) is 76.7. The third-order valence-corrected chi connectivity index (χ3v) is 23.5. The lowest BCUT2D eigenvalue weighted by Crippen LogP contribution is -3.00. The fourth-order valence-electron chi connectivity index (χ4n) is 11.0. The van der Waals surface area contributed by atoms with E-state index in [-0.39, 0.29) is 66.1 Å². The predicted molar refractivity (Wildman–Crippen MR) is 364 cm³/mol. The van der Waals surface area contributed by atoms with Gasteiger partial charge in [-0.25, -0.2) is 0 Å². The van der Waals surface area contributed by atoms with Crippen LogP contribution in [0.3, 0.4) is 0 Å². The van der Waals surface area contributed by atoms with Crippen LogP contribution in [0.2, 0.25) is 0 Å². The molecule has 0 aliphatic carbocycles. The van der Waals surface area contributed by atoms with Gasteiger partial charge in [0.15, 0.2) is 0 Å². The van der Waals surface area contributed by atoms with Crippen molar-refractivity contribution >= 4 is 75.7 Å². The molecule has 466 valence electrons. The minimum atomic E-state index is -2.01. The Morgan fingerprint density at radius 3 is 0.788 bits per heavy atom. The van der Waals surface area contributed by atoms with Crippen LogP contribution in [0.5, 0.6) is 0 Å². The maximum atomic E-state index is 13.9. The molecule has 0 aliphatic rings. The highest BCUT2D eigenvalue weighted by Gasteiger charge is 2.46. The lowest BCUT2D eigenvalue weighted by atomic mass is 10.1. The Hall–Kier alpha value is -4.43. The normalized spacial score (nSPS) is 11.4. The minimum absolute atomic E-state index is 0. The zero-order valence-electron chi connectivity index (χ0n) is 53.5. The first-order chi connectivity index (χ1) is 39.8. The molecule has 0 saturated carbocycles. The van der Waals surface area contributed by atoms with Crippen molar-refractivity contribution < 1.29 is 43.8 Å². The second-order valence-corrected chi connectivity index (χ2v) is 32.2. The van der Waals surface area contributed by atoms with Crippen LogP contribution in [0.15, 0.2) is 182 Å². The van der Waals surface area contributed by atoms with Crippen LogP contribution in [-0.4, -0.2) is 121 Å². The quantitative estimate of drug-likeness (QED) is 0.0403. The Morgan fingerprint density at radius 1 is 0.376 bits per heavy atom. The van der Waals surface area contributed by atoms with Crippen LogP contribution < -0.4 is 66.9 Å². The van der Waals surface area contributed by atoms with Gasteiger partial charge in [0, 0.05) is 45.8 Å². The molecular weight excluding hydrogens is 1200 g/mol. The summed E-state index contributed by atoms with van der Waals surface area (Å²) in [6.07, 6.45) is 3.97. The highest BCUT2D eigenvalue weighted by atomic mass is 79.9. The lowest BCUT2D eigenvalue weighted by molar-refractivity contribution is -0.137. The molecule has 13 heteroatoms. The van der Waals surface area contributed by atoms with Gasteiger partial charge in [-0.1, -0.05) is 192 Å². The molecule has 8 nitrogen and oxygen atoms in total. The molecular formula is C72H104BrCl2N5O3P2. The summed E-state index contributed by atoms with van der Waals surface area (Å²) in [6, 6.07) is 65.7. The molecule has 85 heavy (non-hydrogen) atoms. The number of hydrogen-bond acceptors (Lipinski definition) is 5. The van der Waals surface area contributed by atoms with E-state index >= 15 is 0 Å². The van der Waals surface area contributed by atoms with Gasteiger partial charge in [0.05, 0.1) is 25.4 Å². The van der Waals surface area contributed by atoms with E-state index in [4.69, 9.17) is 17.3 Å². The number of amides is 3. The van der Waals surface area contributed by atoms with Crippen LogP contribution in [-0.2, 0) is 14.4 Å². The molecule has 0 saturated heterocycles. The largest absolute Gasteiger partial charge is 1.00 e. The van der Waals surface area contributed by atoms with Crippen LogP contribution in [0.25, 0.3) is 0 Å². The lowest BCUT2D eigenvalue weighted by Gasteiger charge is -2.33. The van der Waals surface area contributed by atoms with Crippen molar-refractivity contribution in [3.8, 4) is 0 Å². The second kappa shape index (κ2) is 40.9. The van der Waals surface area contributed by atoms with Crippen molar-refractivity contribution in [1.82, 2.24) is 19.6 Å². The summed E-state index contributed by atoms with van der Waals surface area (Å²) in [5.41, 5.74) is 5.89.